The van der Waals surface area contributed by atoms with Crippen molar-refractivity contribution in [1.82, 2.24) is 25.1 Å². The molecule has 2 aromatic heterocycles. The molecular weight excluding hydrogens is 424 g/mol. The van der Waals surface area contributed by atoms with Crippen LogP contribution in [0.4, 0.5) is 0 Å². The lowest BCUT2D eigenvalue weighted by Gasteiger charge is -2.09. The number of nitrogens with zero attached hydrogens (tertiary/aromatic N) is 5. The minimum absolute atomic E-state index is 0.217. The van der Waals surface area contributed by atoms with E-state index in [9.17, 15) is 4.79 Å². The Labute approximate surface area is 189 Å². The highest BCUT2D eigenvalue weighted by Gasteiger charge is 2.14. The topological polar surface area (TPSA) is 124 Å². The number of carbonyl (C=O) groups excluding carboxylic acids is 1. The summed E-state index contributed by atoms with van der Waals surface area (Å²) in [6, 6.07) is 17.3. The number of fused-ring (bicyclic) bond motifs is 1. The molecule has 0 aliphatic carbocycles. The number of amides is 1. The van der Waals surface area contributed by atoms with Crippen LogP contribution in [0, 0.1) is 11.3 Å². The van der Waals surface area contributed by atoms with E-state index in [1.54, 1.807) is 67.3 Å². The summed E-state index contributed by atoms with van der Waals surface area (Å²) in [6.45, 7) is 0.498. The first-order chi connectivity index (χ1) is 16.1. The molecule has 0 aliphatic rings. The highest BCUT2D eigenvalue weighted by atomic mass is 16.5. The molecule has 0 saturated heterocycles. The number of hydrogen-bond acceptors (Lipinski definition) is 8. The van der Waals surface area contributed by atoms with Crippen molar-refractivity contribution in [2.75, 3.05) is 27.4 Å². The van der Waals surface area contributed by atoms with Gasteiger partial charge < -0.3 is 19.5 Å². The van der Waals surface area contributed by atoms with Gasteiger partial charge in [-0.3, -0.25) is 4.79 Å². The molecule has 0 fully saturated rings. The first kappa shape index (κ1) is 21.6. The van der Waals surface area contributed by atoms with Crippen molar-refractivity contribution in [1.29, 1.82) is 5.26 Å². The number of nitrogens with one attached hydrogen (secondary N) is 1. The molecule has 10 heteroatoms. The Morgan fingerprint density at radius 2 is 1.82 bits per heavy atom. The van der Waals surface area contributed by atoms with Gasteiger partial charge in [-0.05, 0) is 48.5 Å². The summed E-state index contributed by atoms with van der Waals surface area (Å²) >= 11 is 0. The molecule has 1 amide bonds. The quantitative estimate of drug-likeness (QED) is 0.411. The van der Waals surface area contributed by atoms with Crippen LogP contribution in [-0.4, -0.2) is 53.1 Å². The Morgan fingerprint density at radius 1 is 1.03 bits per heavy atom. The van der Waals surface area contributed by atoms with Crippen molar-refractivity contribution >= 4 is 11.6 Å². The lowest BCUT2D eigenvalue weighted by molar-refractivity contribution is 0.0946. The fraction of sp³-hybridized carbons (Fsp3) is 0.174. The van der Waals surface area contributed by atoms with E-state index in [2.05, 4.69) is 20.6 Å². The minimum Gasteiger partial charge on any atom is -0.493 e. The first-order valence-electron chi connectivity index (χ1n) is 9.99. The standard InChI is InChI=1S/C23H20N6O4/c1-31-18-8-7-17(13-19(18)32-2)22-27-26-20-9-10-21(28-29(20)22)33-12-11-25-23(30)16-5-3-15(14-24)4-6-16/h3-10,13H,11-12H2,1-2H3,(H,25,30). The third kappa shape index (κ3) is 4.67. The van der Waals surface area contributed by atoms with Gasteiger partial charge in [0.2, 0.25) is 5.88 Å². The van der Waals surface area contributed by atoms with Crippen LogP contribution in [0.15, 0.2) is 54.6 Å². The summed E-state index contributed by atoms with van der Waals surface area (Å²) < 4.78 is 17.9. The first-order valence-corrected chi connectivity index (χ1v) is 9.99. The Hall–Kier alpha value is -4.65. The zero-order valence-corrected chi connectivity index (χ0v) is 18.0. The van der Waals surface area contributed by atoms with Gasteiger partial charge in [0.15, 0.2) is 23.0 Å². The summed E-state index contributed by atoms with van der Waals surface area (Å²) in [5.41, 5.74) is 2.27. The van der Waals surface area contributed by atoms with Crippen LogP contribution >= 0.6 is 0 Å². The average Bonchev–Trinajstić information content (AvgIpc) is 3.29. The van der Waals surface area contributed by atoms with Gasteiger partial charge in [-0.1, -0.05) is 0 Å². The molecule has 4 rings (SSSR count). The number of carbonyl (C=O) groups is 1. The van der Waals surface area contributed by atoms with E-state index in [0.29, 0.717) is 40.0 Å². The van der Waals surface area contributed by atoms with Crippen LogP contribution in [0.1, 0.15) is 15.9 Å². The molecule has 0 aliphatic heterocycles. The highest BCUT2D eigenvalue weighted by molar-refractivity contribution is 5.94. The second-order valence-corrected chi connectivity index (χ2v) is 6.83. The number of nitriles is 1. The minimum atomic E-state index is -0.249. The van der Waals surface area contributed by atoms with Crippen molar-refractivity contribution in [2.45, 2.75) is 0 Å². The Bertz CT molecular complexity index is 1330. The molecule has 1 N–H and O–H groups in total. The maximum Gasteiger partial charge on any atom is 0.251 e. The predicted octanol–water partition coefficient (Wildman–Crippen LogP) is 2.49. The van der Waals surface area contributed by atoms with Crippen molar-refractivity contribution < 1.29 is 19.0 Å². The normalized spacial score (nSPS) is 10.5. The Balaban J connectivity index is 1.42. The third-order valence-corrected chi connectivity index (χ3v) is 4.79. The SMILES string of the molecule is COc1ccc(-c2nnc3ccc(OCCNC(=O)c4ccc(C#N)cc4)nn23)cc1OC. The Morgan fingerprint density at radius 3 is 2.55 bits per heavy atom. The van der Waals surface area contributed by atoms with Crippen LogP contribution < -0.4 is 19.5 Å². The fourth-order valence-corrected chi connectivity index (χ4v) is 3.12. The summed E-state index contributed by atoms with van der Waals surface area (Å²) in [6.07, 6.45) is 0. The molecule has 0 saturated carbocycles. The van der Waals surface area contributed by atoms with Gasteiger partial charge in [0.25, 0.3) is 5.91 Å². The molecule has 0 unspecified atom stereocenters. The van der Waals surface area contributed by atoms with Gasteiger partial charge >= 0.3 is 0 Å². The summed E-state index contributed by atoms with van der Waals surface area (Å²) in [5.74, 6) is 1.80. The van der Waals surface area contributed by atoms with Crippen LogP contribution in [0.5, 0.6) is 17.4 Å². The number of methoxy groups -OCH3 is 2. The molecule has 4 aromatic rings. The zero-order chi connectivity index (χ0) is 23.2. The van der Waals surface area contributed by atoms with Gasteiger partial charge in [-0.2, -0.15) is 9.78 Å². The molecule has 33 heavy (non-hydrogen) atoms. The Kier molecular flexibility index (Phi) is 6.31. The van der Waals surface area contributed by atoms with E-state index in [0.717, 1.165) is 5.56 Å². The van der Waals surface area contributed by atoms with Gasteiger partial charge in [0.05, 0.1) is 32.4 Å². The predicted molar refractivity (Wildman–Crippen MR) is 118 cm³/mol. The maximum absolute atomic E-state index is 12.2. The summed E-state index contributed by atoms with van der Waals surface area (Å²) in [7, 11) is 3.13. The van der Waals surface area contributed by atoms with E-state index in [4.69, 9.17) is 19.5 Å². The fourth-order valence-electron chi connectivity index (χ4n) is 3.12. The number of rotatable bonds is 8. The highest BCUT2D eigenvalue weighted by Crippen LogP contribution is 2.31. The summed E-state index contributed by atoms with van der Waals surface area (Å²) in [4.78, 5) is 12.2. The van der Waals surface area contributed by atoms with Crippen molar-refractivity contribution in [3.05, 3.63) is 65.7 Å². The lowest BCUT2D eigenvalue weighted by Crippen LogP contribution is -2.28. The molecule has 2 heterocycles. The van der Waals surface area contributed by atoms with Crippen molar-refractivity contribution in [3.63, 3.8) is 0 Å². The molecule has 10 nitrogen and oxygen atoms in total. The monoisotopic (exact) mass is 444 g/mol. The lowest BCUT2D eigenvalue weighted by atomic mass is 10.1. The van der Waals surface area contributed by atoms with Gasteiger partial charge in [0.1, 0.15) is 6.61 Å². The smallest absolute Gasteiger partial charge is 0.251 e. The van der Waals surface area contributed by atoms with E-state index in [-0.39, 0.29) is 19.1 Å². The second-order valence-electron chi connectivity index (χ2n) is 6.83. The van der Waals surface area contributed by atoms with Gasteiger partial charge in [-0.15, -0.1) is 15.3 Å². The van der Waals surface area contributed by atoms with Crippen molar-refractivity contribution in [2.24, 2.45) is 0 Å². The van der Waals surface area contributed by atoms with E-state index >= 15 is 0 Å². The number of ether oxygens (including phenoxy) is 3. The zero-order valence-electron chi connectivity index (χ0n) is 18.0. The average molecular weight is 444 g/mol. The summed E-state index contributed by atoms with van der Waals surface area (Å²) in [5, 5.41) is 24.4. The molecule has 2 aromatic carbocycles. The van der Waals surface area contributed by atoms with Crippen LogP contribution in [0.2, 0.25) is 0 Å². The van der Waals surface area contributed by atoms with E-state index in [1.807, 2.05) is 12.1 Å². The molecule has 0 atom stereocenters. The molecule has 166 valence electrons. The van der Waals surface area contributed by atoms with E-state index < -0.39 is 0 Å². The van der Waals surface area contributed by atoms with Crippen LogP contribution in [0.3, 0.4) is 0 Å². The number of hydrogen-bond donors (Lipinski definition) is 1. The second kappa shape index (κ2) is 9.65. The van der Waals surface area contributed by atoms with Crippen LogP contribution in [0.25, 0.3) is 17.0 Å². The molecule has 0 radical (unpaired) electrons. The largest absolute Gasteiger partial charge is 0.493 e. The van der Waals surface area contributed by atoms with Gasteiger partial charge in [-0.25, -0.2) is 0 Å². The van der Waals surface area contributed by atoms with Gasteiger partial charge in [0, 0.05) is 17.2 Å². The number of aromatic nitrogens is 4. The third-order valence-electron chi connectivity index (χ3n) is 4.79. The van der Waals surface area contributed by atoms with Crippen molar-refractivity contribution in [3.8, 4) is 34.8 Å². The molecular formula is C23H20N6O4. The van der Waals surface area contributed by atoms with Crippen LogP contribution in [-0.2, 0) is 0 Å². The van der Waals surface area contributed by atoms with E-state index in [1.165, 1.54) is 0 Å². The molecule has 0 spiro atoms. The maximum atomic E-state index is 12.2. The number of benzene rings is 2. The molecule has 0 bridgehead atoms.